The number of para-hydroxylation sites is 1. The van der Waals surface area contributed by atoms with E-state index in [9.17, 15) is 19.6 Å². The highest BCUT2D eigenvalue weighted by Crippen LogP contribution is 2.33. The Bertz CT molecular complexity index is 1370. The summed E-state index contributed by atoms with van der Waals surface area (Å²) in [5, 5.41) is 14.9. The highest BCUT2D eigenvalue weighted by atomic mass is 32.1. The number of carbonyl (C=O) groups excluding carboxylic acids is 3. The molecular formula is C25H26N6O3S. The maximum Gasteiger partial charge on any atom is 0.268 e. The first-order valence-electron chi connectivity index (χ1n) is 11.3. The van der Waals surface area contributed by atoms with Crippen molar-refractivity contribution < 1.29 is 14.4 Å². The van der Waals surface area contributed by atoms with E-state index in [0.717, 1.165) is 53.3 Å². The van der Waals surface area contributed by atoms with Crippen LogP contribution in [-0.2, 0) is 9.59 Å². The highest BCUT2D eigenvalue weighted by molar-refractivity contribution is 7.15. The van der Waals surface area contributed by atoms with Gasteiger partial charge in [0.1, 0.15) is 10.9 Å². The Kier molecular flexibility index (Phi) is 6.98. The van der Waals surface area contributed by atoms with Crippen LogP contribution in [0, 0.1) is 18.3 Å². The van der Waals surface area contributed by atoms with Crippen LogP contribution in [0.2, 0.25) is 0 Å². The number of imidazole rings is 1. The van der Waals surface area contributed by atoms with Gasteiger partial charge >= 0.3 is 0 Å². The summed E-state index contributed by atoms with van der Waals surface area (Å²) in [7, 11) is 0. The van der Waals surface area contributed by atoms with E-state index in [0.29, 0.717) is 19.0 Å². The van der Waals surface area contributed by atoms with E-state index in [-0.39, 0.29) is 27.4 Å². The molecule has 1 saturated heterocycles. The van der Waals surface area contributed by atoms with Gasteiger partial charge in [-0.05, 0) is 50.0 Å². The van der Waals surface area contributed by atoms with Crippen LogP contribution in [-0.4, -0.2) is 45.3 Å². The minimum atomic E-state index is -0.466. The summed E-state index contributed by atoms with van der Waals surface area (Å²) in [6.45, 7) is 8.23. The SMILES string of the molecule is C=CC(=O)Nc1cc(C(=O)Nc2nc3cccc(C)c3n2[C@@H]2CCCCN(C(C)=O)C2)sc1C#N. The third-order valence-corrected chi connectivity index (χ3v) is 7.13. The van der Waals surface area contributed by atoms with E-state index in [4.69, 9.17) is 4.98 Å². The highest BCUT2D eigenvalue weighted by Gasteiger charge is 2.27. The zero-order chi connectivity index (χ0) is 25.1. The number of likely N-dealkylation sites (tertiary alicyclic amines) is 1. The second-order valence-electron chi connectivity index (χ2n) is 8.48. The lowest BCUT2D eigenvalue weighted by molar-refractivity contribution is -0.129. The number of carbonyl (C=O) groups is 3. The Hall–Kier alpha value is -3.97. The van der Waals surface area contributed by atoms with Gasteiger partial charge in [-0.2, -0.15) is 5.26 Å². The Morgan fingerprint density at radius 3 is 2.80 bits per heavy atom. The summed E-state index contributed by atoms with van der Waals surface area (Å²) in [5.74, 6) is -0.484. The summed E-state index contributed by atoms with van der Waals surface area (Å²) in [6.07, 6.45) is 3.83. The van der Waals surface area contributed by atoms with E-state index in [1.54, 1.807) is 6.92 Å². The molecular weight excluding hydrogens is 464 g/mol. The van der Waals surface area contributed by atoms with Gasteiger partial charge in [-0.15, -0.1) is 11.3 Å². The van der Waals surface area contributed by atoms with Crippen molar-refractivity contribution >= 4 is 51.7 Å². The van der Waals surface area contributed by atoms with Crippen molar-refractivity contribution in [2.45, 2.75) is 39.2 Å². The predicted octanol–water partition coefficient (Wildman–Crippen LogP) is 4.23. The van der Waals surface area contributed by atoms with Crippen molar-refractivity contribution in [1.29, 1.82) is 5.26 Å². The predicted molar refractivity (Wildman–Crippen MR) is 135 cm³/mol. The minimum Gasteiger partial charge on any atom is -0.341 e. The van der Waals surface area contributed by atoms with E-state index in [2.05, 4.69) is 17.2 Å². The maximum absolute atomic E-state index is 13.2. The molecule has 180 valence electrons. The second kappa shape index (κ2) is 10.1. The molecule has 1 aliphatic rings. The molecule has 0 unspecified atom stereocenters. The molecule has 10 heteroatoms. The number of rotatable bonds is 5. The van der Waals surface area contributed by atoms with E-state index in [1.165, 1.54) is 6.07 Å². The van der Waals surface area contributed by atoms with Crippen molar-refractivity contribution in [1.82, 2.24) is 14.5 Å². The number of thiophene rings is 1. The lowest BCUT2D eigenvalue weighted by atomic mass is 10.1. The first-order chi connectivity index (χ1) is 16.8. The number of amides is 3. The van der Waals surface area contributed by atoms with Crippen molar-refractivity contribution in [2.24, 2.45) is 0 Å². The minimum absolute atomic E-state index is 0.0281. The molecule has 2 N–H and O–H groups in total. The molecule has 1 atom stereocenters. The van der Waals surface area contributed by atoms with Crippen LogP contribution in [0.3, 0.4) is 0 Å². The summed E-state index contributed by atoms with van der Waals surface area (Å²) in [5.41, 5.74) is 2.95. The third kappa shape index (κ3) is 4.95. The fourth-order valence-corrected chi connectivity index (χ4v) is 5.21. The second-order valence-corrected chi connectivity index (χ2v) is 9.53. The summed E-state index contributed by atoms with van der Waals surface area (Å²) in [4.78, 5) is 44.1. The number of anilines is 2. The number of nitrogens with one attached hydrogen (secondary N) is 2. The maximum atomic E-state index is 13.2. The van der Waals surface area contributed by atoms with Gasteiger partial charge in [-0.1, -0.05) is 18.7 Å². The Balaban J connectivity index is 1.72. The summed E-state index contributed by atoms with van der Waals surface area (Å²) < 4.78 is 2.03. The standard InChI is InChI=1S/C25H26N6O3S/c1-4-22(33)27-19-12-20(35-21(19)13-26)24(34)29-25-28-18-10-7-8-15(2)23(18)31(25)17-9-5-6-11-30(14-17)16(3)32/h4,7-8,10,12,17H,1,5-6,9,11,14H2,2-3H3,(H,27,33)(H,28,29,34)/t17-/m1/s1. The molecule has 1 aromatic carbocycles. The van der Waals surface area contributed by atoms with Crippen molar-refractivity contribution in [3.05, 3.63) is 52.2 Å². The molecule has 4 rings (SSSR count). The van der Waals surface area contributed by atoms with Crippen LogP contribution < -0.4 is 10.6 Å². The third-order valence-electron chi connectivity index (χ3n) is 6.09. The molecule has 0 bridgehead atoms. The Labute approximate surface area is 207 Å². The zero-order valence-electron chi connectivity index (χ0n) is 19.6. The van der Waals surface area contributed by atoms with Gasteiger partial charge in [0.25, 0.3) is 5.91 Å². The van der Waals surface area contributed by atoms with Crippen molar-refractivity contribution in [2.75, 3.05) is 23.7 Å². The molecule has 1 fully saturated rings. The molecule has 3 aromatic rings. The smallest absolute Gasteiger partial charge is 0.268 e. The van der Waals surface area contributed by atoms with Crippen molar-refractivity contribution in [3.8, 4) is 6.07 Å². The van der Waals surface area contributed by atoms with Gasteiger partial charge in [0, 0.05) is 20.0 Å². The number of aromatic nitrogens is 2. The van der Waals surface area contributed by atoms with E-state index in [1.807, 2.05) is 40.7 Å². The van der Waals surface area contributed by atoms with Crippen LogP contribution >= 0.6 is 11.3 Å². The monoisotopic (exact) mass is 490 g/mol. The molecule has 1 aliphatic heterocycles. The number of hydrogen-bond acceptors (Lipinski definition) is 6. The van der Waals surface area contributed by atoms with Gasteiger partial charge in [-0.3, -0.25) is 19.7 Å². The molecule has 0 saturated carbocycles. The number of benzene rings is 1. The molecule has 2 aromatic heterocycles. The first kappa shape index (κ1) is 24.2. The van der Waals surface area contributed by atoms with Crippen LogP contribution in [0.25, 0.3) is 11.0 Å². The van der Waals surface area contributed by atoms with E-state index >= 15 is 0 Å². The molecule has 0 radical (unpaired) electrons. The largest absolute Gasteiger partial charge is 0.341 e. The summed E-state index contributed by atoms with van der Waals surface area (Å²) in [6, 6.07) is 9.25. The number of nitriles is 1. The average molecular weight is 491 g/mol. The number of nitrogens with zero attached hydrogens (tertiary/aromatic N) is 4. The summed E-state index contributed by atoms with van der Waals surface area (Å²) >= 11 is 0.986. The molecule has 35 heavy (non-hydrogen) atoms. The fraction of sp³-hybridized carbons (Fsp3) is 0.320. The first-order valence-corrected chi connectivity index (χ1v) is 12.2. The number of aryl methyl sites for hydroxylation is 1. The fourth-order valence-electron chi connectivity index (χ4n) is 4.41. The van der Waals surface area contributed by atoms with Crippen LogP contribution in [0.5, 0.6) is 0 Å². The lowest BCUT2D eigenvalue weighted by Crippen LogP contribution is -2.34. The van der Waals surface area contributed by atoms with Gasteiger partial charge < -0.3 is 14.8 Å². The normalized spacial score (nSPS) is 15.8. The number of hydrogen-bond donors (Lipinski definition) is 2. The Morgan fingerprint density at radius 2 is 2.09 bits per heavy atom. The molecule has 9 nitrogen and oxygen atoms in total. The van der Waals surface area contributed by atoms with E-state index < -0.39 is 11.8 Å². The number of fused-ring (bicyclic) bond motifs is 1. The molecule has 0 aliphatic carbocycles. The molecule has 3 heterocycles. The topological polar surface area (TPSA) is 120 Å². The zero-order valence-corrected chi connectivity index (χ0v) is 20.4. The quantitative estimate of drug-likeness (QED) is 0.519. The Morgan fingerprint density at radius 1 is 1.29 bits per heavy atom. The van der Waals surface area contributed by atoms with Gasteiger partial charge in [0.2, 0.25) is 17.8 Å². The van der Waals surface area contributed by atoms with Crippen LogP contribution in [0.15, 0.2) is 36.9 Å². The van der Waals surface area contributed by atoms with Gasteiger partial charge in [-0.25, -0.2) is 4.98 Å². The van der Waals surface area contributed by atoms with Crippen molar-refractivity contribution in [3.63, 3.8) is 0 Å². The molecule has 3 amide bonds. The van der Waals surface area contributed by atoms with Gasteiger partial charge in [0.05, 0.1) is 27.6 Å². The van der Waals surface area contributed by atoms with Gasteiger partial charge in [0.15, 0.2) is 0 Å². The molecule has 0 spiro atoms. The average Bonchev–Trinajstić information content (AvgIpc) is 3.31. The lowest BCUT2D eigenvalue weighted by Gasteiger charge is -2.26. The van der Waals surface area contributed by atoms with Crippen LogP contribution in [0.1, 0.15) is 52.3 Å². The van der Waals surface area contributed by atoms with Crippen LogP contribution in [0.4, 0.5) is 11.6 Å².